The molecular weight excluding hydrogens is 337 g/mol. The Bertz CT molecular complexity index is 800. The number of nitrogens with two attached hydrogens (primary N) is 1. The van der Waals surface area contributed by atoms with Crippen LogP contribution in [0.25, 0.3) is 0 Å². The number of ether oxygens (including phenoxy) is 2. The molecule has 2 N–H and O–H groups in total. The second kappa shape index (κ2) is 5.58. The van der Waals surface area contributed by atoms with Crippen molar-refractivity contribution in [3.05, 3.63) is 51.0 Å². The van der Waals surface area contributed by atoms with Gasteiger partial charge in [-0.05, 0) is 47.4 Å². The van der Waals surface area contributed by atoms with Gasteiger partial charge in [0.2, 0.25) is 6.79 Å². The van der Waals surface area contributed by atoms with Gasteiger partial charge in [0, 0.05) is 0 Å². The molecule has 0 spiro atoms. The van der Waals surface area contributed by atoms with Crippen molar-refractivity contribution >= 4 is 28.9 Å². The molecule has 1 atom stereocenters. The quantitative estimate of drug-likeness (QED) is 0.775. The molecule has 0 fully saturated rings. The zero-order valence-electron chi connectivity index (χ0n) is 12.1. The van der Waals surface area contributed by atoms with Crippen molar-refractivity contribution < 1.29 is 9.47 Å². The van der Waals surface area contributed by atoms with Gasteiger partial charge >= 0.3 is 0 Å². The van der Waals surface area contributed by atoms with Gasteiger partial charge in [-0.25, -0.2) is 0 Å². The normalized spacial score (nSPS) is 18.6. The molecule has 0 saturated carbocycles. The Morgan fingerprint density at radius 3 is 2.48 bits per heavy atom. The molecular formula is C16H13Cl2N3O2. The lowest BCUT2D eigenvalue weighted by Crippen LogP contribution is -2.02. The largest absolute Gasteiger partial charge is 0.454 e. The number of hydrogen-bond donors (Lipinski definition) is 1. The third-order valence-electron chi connectivity index (χ3n) is 4.02. The molecule has 2 aliphatic heterocycles. The Morgan fingerprint density at radius 2 is 1.74 bits per heavy atom. The second-order valence-corrected chi connectivity index (χ2v) is 6.25. The number of hydrogen-bond acceptors (Lipinski definition) is 5. The predicted octanol–water partition coefficient (Wildman–Crippen LogP) is 4.40. The number of nitrogen functional groups attached to an aromatic ring is 1. The van der Waals surface area contributed by atoms with Gasteiger partial charge < -0.3 is 15.2 Å². The molecule has 7 heteroatoms. The first kappa shape index (κ1) is 14.6. The van der Waals surface area contributed by atoms with Gasteiger partial charge in [-0.15, -0.1) is 0 Å². The summed E-state index contributed by atoms with van der Waals surface area (Å²) in [7, 11) is 0. The van der Waals surface area contributed by atoms with Crippen molar-refractivity contribution in [2.75, 3.05) is 19.1 Å². The average Bonchev–Trinajstić information content (AvgIpc) is 2.88. The SMILES string of the molecule is Nc1c(Cl)cc(C2N=NCCc3cc4c(cc32)OCO4)cc1Cl. The minimum Gasteiger partial charge on any atom is -0.454 e. The Balaban J connectivity index is 1.87. The Hall–Kier alpha value is -1.98. The predicted molar refractivity (Wildman–Crippen MR) is 88.7 cm³/mol. The minimum atomic E-state index is -0.294. The Morgan fingerprint density at radius 1 is 1.04 bits per heavy atom. The fourth-order valence-corrected chi connectivity index (χ4v) is 3.35. The molecule has 2 aliphatic rings. The summed E-state index contributed by atoms with van der Waals surface area (Å²) in [6, 6.07) is 7.24. The third-order valence-corrected chi connectivity index (χ3v) is 4.65. The van der Waals surface area contributed by atoms with Crippen LogP contribution in [0.2, 0.25) is 10.0 Å². The van der Waals surface area contributed by atoms with Crippen LogP contribution in [0.15, 0.2) is 34.5 Å². The van der Waals surface area contributed by atoms with E-state index in [9.17, 15) is 0 Å². The number of halogens is 2. The highest BCUT2D eigenvalue weighted by atomic mass is 35.5. The van der Waals surface area contributed by atoms with Crippen LogP contribution in [0.1, 0.15) is 22.7 Å². The summed E-state index contributed by atoms with van der Waals surface area (Å²) >= 11 is 12.3. The topological polar surface area (TPSA) is 69.2 Å². The van der Waals surface area contributed by atoms with Crippen molar-refractivity contribution in [2.45, 2.75) is 12.5 Å². The Kier molecular flexibility index (Phi) is 3.54. The molecule has 0 aliphatic carbocycles. The molecule has 2 aromatic carbocycles. The zero-order valence-corrected chi connectivity index (χ0v) is 13.6. The van der Waals surface area contributed by atoms with Gasteiger partial charge in [-0.2, -0.15) is 10.2 Å². The summed E-state index contributed by atoms with van der Waals surface area (Å²) in [6.07, 6.45) is 0.794. The van der Waals surface area contributed by atoms with Crippen molar-refractivity contribution in [3.63, 3.8) is 0 Å². The third kappa shape index (κ3) is 2.50. The van der Waals surface area contributed by atoms with Gasteiger partial charge in [-0.1, -0.05) is 23.2 Å². The fraction of sp³-hybridized carbons (Fsp3) is 0.250. The van der Waals surface area contributed by atoms with Gasteiger partial charge in [-0.3, -0.25) is 0 Å². The van der Waals surface area contributed by atoms with Gasteiger partial charge in [0.15, 0.2) is 11.5 Å². The number of benzene rings is 2. The van der Waals surface area contributed by atoms with Crippen molar-refractivity contribution in [3.8, 4) is 11.5 Å². The summed E-state index contributed by atoms with van der Waals surface area (Å²) in [5.41, 5.74) is 9.19. The molecule has 0 aromatic heterocycles. The second-order valence-electron chi connectivity index (χ2n) is 5.44. The lowest BCUT2D eigenvalue weighted by Gasteiger charge is -2.16. The number of anilines is 1. The first-order valence-corrected chi connectivity index (χ1v) is 7.92. The molecule has 0 saturated heterocycles. The van der Waals surface area contributed by atoms with Crippen LogP contribution < -0.4 is 15.2 Å². The molecule has 118 valence electrons. The van der Waals surface area contributed by atoms with Crippen LogP contribution in [0.4, 0.5) is 5.69 Å². The van der Waals surface area contributed by atoms with E-state index in [-0.39, 0.29) is 12.8 Å². The first-order chi connectivity index (χ1) is 11.1. The average molecular weight is 350 g/mol. The van der Waals surface area contributed by atoms with Crippen LogP contribution in [0, 0.1) is 0 Å². The number of azo groups is 1. The van der Waals surface area contributed by atoms with Gasteiger partial charge in [0.25, 0.3) is 0 Å². The number of fused-ring (bicyclic) bond motifs is 2. The lowest BCUT2D eigenvalue weighted by molar-refractivity contribution is 0.174. The van der Waals surface area contributed by atoms with Gasteiger partial charge in [0.05, 0.1) is 22.3 Å². The van der Waals surface area contributed by atoms with Crippen LogP contribution >= 0.6 is 23.2 Å². The van der Waals surface area contributed by atoms with E-state index in [0.717, 1.165) is 34.6 Å². The summed E-state index contributed by atoms with van der Waals surface area (Å²) in [5, 5.41) is 9.52. The number of nitrogens with zero attached hydrogens (tertiary/aromatic N) is 2. The van der Waals surface area contributed by atoms with Crippen LogP contribution in [-0.2, 0) is 6.42 Å². The van der Waals surface area contributed by atoms with E-state index in [1.807, 2.05) is 12.1 Å². The maximum absolute atomic E-state index is 6.17. The summed E-state index contributed by atoms with van der Waals surface area (Å²) < 4.78 is 10.9. The maximum atomic E-state index is 6.17. The Labute approximate surface area is 143 Å². The highest BCUT2D eigenvalue weighted by molar-refractivity contribution is 6.38. The van der Waals surface area contributed by atoms with Gasteiger partial charge in [0.1, 0.15) is 6.04 Å². The monoisotopic (exact) mass is 349 g/mol. The van der Waals surface area contributed by atoms with E-state index in [1.165, 1.54) is 0 Å². The van der Waals surface area contributed by atoms with E-state index >= 15 is 0 Å². The molecule has 23 heavy (non-hydrogen) atoms. The molecule has 0 radical (unpaired) electrons. The molecule has 0 bridgehead atoms. The molecule has 4 rings (SSSR count). The molecule has 2 aromatic rings. The highest BCUT2D eigenvalue weighted by Crippen LogP contribution is 2.42. The summed E-state index contributed by atoms with van der Waals surface area (Å²) in [6.45, 7) is 0.865. The van der Waals surface area contributed by atoms with Crippen LogP contribution in [0.5, 0.6) is 11.5 Å². The molecule has 0 amide bonds. The van der Waals surface area contributed by atoms with Crippen LogP contribution in [0.3, 0.4) is 0 Å². The zero-order chi connectivity index (χ0) is 16.0. The lowest BCUT2D eigenvalue weighted by atomic mass is 9.93. The van der Waals surface area contributed by atoms with E-state index in [4.69, 9.17) is 38.4 Å². The van der Waals surface area contributed by atoms with E-state index < -0.39 is 0 Å². The highest BCUT2D eigenvalue weighted by Gasteiger charge is 2.25. The molecule has 5 nitrogen and oxygen atoms in total. The van der Waals surface area contributed by atoms with Crippen LogP contribution in [-0.4, -0.2) is 13.3 Å². The molecule has 1 unspecified atom stereocenters. The summed E-state index contributed by atoms with van der Waals surface area (Å²) in [5.74, 6) is 1.48. The van der Waals surface area contributed by atoms with E-state index in [2.05, 4.69) is 10.2 Å². The fourth-order valence-electron chi connectivity index (χ4n) is 2.85. The van der Waals surface area contributed by atoms with Crippen molar-refractivity contribution in [1.82, 2.24) is 0 Å². The molecule has 2 heterocycles. The van der Waals surface area contributed by atoms with Crippen molar-refractivity contribution in [1.29, 1.82) is 0 Å². The maximum Gasteiger partial charge on any atom is 0.231 e. The minimum absolute atomic E-state index is 0.240. The van der Waals surface area contributed by atoms with E-state index in [0.29, 0.717) is 22.3 Å². The van der Waals surface area contributed by atoms with E-state index in [1.54, 1.807) is 12.1 Å². The smallest absolute Gasteiger partial charge is 0.231 e. The summed E-state index contributed by atoms with van der Waals surface area (Å²) in [4.78, 5) is 0. The number of rotatable bonds is 1. The first-order valence-electron chi connectivity index (χ1n) is 7.17. The van der Waals surface area contributed by atoms with Crippen molar-refractivity contribution in [2.24, 2.45) is 10.2 Å². The standard InChI is InChI=1S/C16H13Cl2N3O2/c17-11-3-9(4-12(18)15(11)19)16-10-6-14-13(22-7-23-14)5-8(10)1-2-20-21-16/h3-6,16H,1-2,7,19H2.